The zero-order valence-corrected chi connectivity index (χ0v) is 10.9. The van der Waals surface area contributed by atoms with Gasteiger partial charge >= 0.3 is 0 Å². The second-order valence-corrected chi connectivity index (χ2v) is 4.59. The maximum atomic E-state index is 12.5. The van der Waals surface area contributed by atoms with Gasteiger partial charge in [0.05, 0.1) is 12.5 Å². The van der Waals surface area contributed by atoms with Crippen molar-refractivity contribution in [2.24, 2.45) is 0 Å². The second-order valence-electron chi connectivity index (χ2n) is 4.59. The molecule has 4 heteroatoms. The van der Waals surface area contributed by atoms with Gasteiger partial charge in [0.15, 0.2) is 0 Å². The van der Waals surface area contributed by atoms with Gasteiger partial charge in [-0.25, -0.2) is 0 Å². The van der Waals surface area contributed by atoms with E-state index < -0.39 is 0 Å². The van der Waals surface area contributed by atoms with E-state index in [0.29, 0.717) is 19.6 Å². The number of rotatable bonds is 4. The lowest BCUT2D eigenvalue weighted by Crippen LogP contribution is -2.42. The molecule has 0 aromatic heterocycles. The van der Waals surface area contributed by atoms with Crippen molar-refractivity contribution in [1.29, 1.82) is 5.26 Å². The molecular formula is C15H18N2O2. The minimum absolute atomic E-state index is 0.0267. The third kappa shape index (κ3) is 3.55. The van der Waals surface area contributed by atoms with Gasteiger partial charge < -0.3 is 9.64 Å². The number of carbonyl (C=O) groups is 1. The van der Waals surface area contributed by atoms with Gasteiger partial charge in [-0.15, -0.1) is 0 Å². The SMILES string of the molecule is N#CCCN(C(=O)C1CCCCO1)c1ccccc1. The summed E-state index contributed by atoms with van der Waals surface area (Å²) in [6.07, 6.45) is 2.79. The van der Waals surface area contributed by atoms with E-state index in [0.717, 1.165) is 24.9 Å². The first-order chi connectivity index (χ1) is 9.33. The van der Waals surface area contributed by atoms with Crippen LogP contribution in [0.25, 0.3) is 0 Å². The molecule has 1 heterocycles. The summed E-state index contributed by atoms with van der Waals surface area (Å²) in [7, 11) is 0. The van der Waals surface area contributed by atoms with Gasteiger partial charge in [0.1, 0.15) is 6.10 Å². The van der Waals surface area contributed by atoms with Crippen molar-refractivity contribution < 1.29 is 9.53 Å². The standard InChI is InChI=1S/C15H18N2O2/c16-10-6-11-17(13-7-2-1-3-8-13)15(18)14-9-4-5-12-19-14/h1-3,7-8,14H,4-6,9,11-12H2. The Morgan fingerprint density at radius 2 is 2.16 bits per heavy atom. The van der Waals surface area contributed by atoms with E-state index in [-0.39, 0.29) is 12.0 Å². The number of benzene rings is 1. The van der Waals surface area contributed by atoms with Gasteiger partial charge in [0, 0.05) is 18.8 Å². The van der Waals surface area contributed by atoms with Crippen LogP contribution in [0.15, 0.2) is 30.3 Å². The molecule has 1 unspecified atom stereocenters. The van der Waals surface area contributed by atoms with Gasteiger partial charge in [-0.1, -0.05) is 18.2 Å². The summed E-state index contributed by atoms with van der Waals surface area (Å²) >= 11 is 0. The van der Waals surface area contributed by atoms with Crippen molar-refractivity contribution >= 4 is 11.6 Å². The number of anilines is 1. The van der Waals surface area contributed by atoms with Crippen LogP contribution in [0.2, 0.25) is 0 Å². The number of hydrogen-bond donors (Lipinski definition) is 0. The summed E-state index contributed by atoms with van der Waals surface area (Å²) < 4.78 is 5.55. The van der Waals surface area contributed by atoms with Crippen molar-refractivity contribution in [2.75, 3.05) is 18.1 Å². The van der Waals surface area contributed by atoms with E-state index in [1.165, 1.54) is 0 Å². The molecule has 100 valence electrons. The van der Waals surface area contributed by atoms with Crippen LogP contribution in [0.3, 0.4) is 0 Å². The number of ether oxygens (including phenoxy) is 1. The maximum Gasteiger partial charge on any atom is 0.256 e. The van der Waals surface area contributed by atoms with Crippen LogP contribution < -0.4 is 4.90 Å². The van der Waals surface area contributed by atoms with Crippen LogP contribution in [0.5, 0.6) is 0 Å². The molecule has 0 radical (unpaired) electrons. The van der Waals surface area contributed by atoms with Gasteiger partial charge in [-0.3, -0.25) is 4.79 Å². The lowest BCUT2D eigenvalue weighted by atomic mass is 10.1. The van der Waals surface area contributed by atoms with Gasteiger partial charge in [-0.05, 0) is 31.4 Å². The van der Waals surface area contributed by atoms with E-state index in [1.807, 2.05) is 30.3 Å². The molecule has 1 saturated heterocycles. The lowest BCUT2D eigenvalue weighted by molar-refractivity contribution is -0.132. The Hall–Kier alpha value is -1.86. The van der Waals surface area contributed by atoms with Crippen LogP contribution in [-0.4, -0.2) is 25.2 Å². The van der Waals surface area contributed by atoms with Crippen LogP contribution in [0, 0.1) is 11.3 Å². The molecule has 1 aromatic carbocycles. The Morgan fingerprint density at radius 1 is 1.37 bits per heavy atom. The normalized spacial score (nSPS) is 18.6. The number of amides is 1. The highest BCUT2D eigenvalue weighted by atomic mass is 16.5. The highest BCUT2D eigenvalue weighted by Crippen LogP contribution is 2.20. The quantitative estimate of drug-likeness (QED) is 0.833. The smallest absolute Gasteiger partial charge is 0.256 e. The minimum atomic E-state index is -0.354. The Kier molecular flexibility index (Phi) is 4.93. The number of nitrogens with zero attached hydrogens (tertiary/aromatic N) is 2. The number of nitriles is 1. The van der Waals surface area contributed by atoms with Crippen molar-refractivity contribution in [3.05, 3.63) is 30.3 Å². The molecule has 1 aliphatic heterocycles. The zero-order chi connectivity index (χ0) is 13.5. The second kappa shape index (κ2) is 6.91. The Bertz CT molecular complexity index is 447. The largest absolute Gasteiger partial charge is 0.368 e. The molecule has 2 rings (SSSR count). The van der Waals surface area contributed by atoms with E-state index in [9.17, 15) is 4.79 Å². The molecule has 0 spiro atoms. The van der Waals surface area contributed by atoms with Crippen molar-refractivity contribution in [3.8, 4) is 6.07 Å². The minimum Gasteiger partial charge on any atom is -0.368 e. The van der Waals surface area contributed by atoms with Crippen LogP contribution >= 0.6 is 0 Å². The van der Waals surface area contributed by atoms with Gasteiger partial charge in [-0.2, -0.15) is 5.26 Å². The first kappa shape index (κ1) is 13.6. The summed E-state index contributed by atoms with van der Waals surface area (Å²) in [6.45, 7) is 1.07. The van der Waals surface area contributed by atoms with E-state index in [4.69, 9.17) is 10.00 Å². The number of para-hydroxylation sites is 1. The van der Waals surface area contributed by atoms with E-state index >= 15 is 0 Å². The van der Waals surface area contributed by atoms with Gasteiger partial charge in [0.25, 0.3) is 5.91 Å². The predicted octanol–water partition coefficient (Wildman–Crippen LogP) is 2.50. The molecule has 1 aromatic rings. The Labute approximate surface area is 113 Å². The Balaban J connectivity index is 2.12. The fraction of sp³-hybridized carbons (Fsp3) is 0.467. The maximum absolute atomic E-state index is 12.5. The average molecular weight is 258 g/mol. The predicted molar refractivity (Wildman–Crippen MR) is 72.6 cm³/mol. The molecule has 1 amide bonds. The molecule has 4 nitrogen and oxygen atoms in total. The first-order valence-corrected chi connectivity index (χ1v) is 6.68. The first-order valence-electron chi connectivity index (χ1n) is 6.68. The fourth-order valence-corrected chi connectivity index (χ4v) is 2.25. The molecule has 1 atom stereocenters. The molecular weight excluding hydrogens is 240 g/mol. The topological polar surface area (TPSA) is 53.3 Å². The van der Waals surface area contributed by atoms with E-state index in [1.54, 1.807) is 4.90 Å². The van der Waals surface area contributed by atoms with Crippen LogP contribution in [0.1, 0.15) is 25.7 Å². The summed E-state index contributed by atoms with van der Waals surface area (Å²) in [5.74, 6) is -0.0267. The van der Waals surface area contributed by atoms with E-state index in [2.05, 4.69) is 6.07 Å². The fourth-order valence-electron chi connectivity index (χ4n) is 2.25. The van der Waals surface area contributed by atoms with Crippen LogP contribution in [-0.2, 0) is 9.53 Å². The van der Waals surface area contributed by atoms with Crippen molar-refractivity contribution in [2.45, 2.75) is 31.8 Å². The number of hydrogen-bond acceptors (Lipinski definition) is 3. The number of carbonyl (C=O) groups excluding carboxylic acids is 1. The highest BCUT2D eigenvalue weighted by molar-refractivity contribution is 5.96. The van der Waals surface area contributed by atoms with Crippen LogP contribution in [0.4, 0.5) is 5.69 Å². The monoisotopic (exact) mass is 258 g/mol. The molecule has 0 saturated carbocycles. The zero-order valence-electron chi connectivity index (χ0n) is 10.9. The molecule has 0 N–H and O–H groups in total. The molecule has 0 bridgehead atoms. The molecule has 1 fully saturated rings. The average Bonchev–Trinajstić information content (AvgIpc) is 2.49. The third-order valence-electron chi connectivity index (χ3n) is 3.24. The third-order valence-corrected chi connectivity index (χ3v) is 3.24. The summed E-state index contributed by atoms with van der Waals surface area (Å²) in [6, 6.07) is 11.6. The molecule has 1 aliphatic rings. The van der Waals surface area contributed by atoms with Crippen molar-refractivity contribution in [3.63, 3.8) is 0 Å². The summed E-state index contributed by atoms with van der Waals surface area (Å²) in [4.78, 5) is 14.2. The lowest BCUT2D eigenvalue weighted by Gasteiger charge is -2.29. The summed E-state index contributed by atoms with van der Waals surface area (Å²) in [5, 5.41) is 8.73. The van der Waals surface area contributed by atoms with Gasteiger partial charge in [0.2, 0.25) is 0 Å². The highest BCUT2D eigenvalue weighted by Gasteiger charge is 2.27. The van der Waals surface area contributed by atoms with Crippen molar-refractivity contribution in [1.82, 2.24) is 0 Å². The molecule has 19 heavy (non-hydrogen) atoms. The summed E-state index contributed by atoms with van der Waals surface area (Å²) in [5.41, 5.74) is 0.830. The molecule has 0 aliphatic carbocycles. The Morgan fingerprint density at radius 3 is 2.79 bits per heavy atom.